The summed E-state index contributed by atoms with van der Waals surface area (Å²) in [5.74, 6) is 3.32. The van der Waals surface area contributed by atoms with E-state index in [9.17, 15) is 34.5 Å². The molecule has 8 saturated carbocycles. The van der Waals surface area contributed by atoms with Gasteiger partial charge in [-0.2, -0.15) is 0 Å². The van der Waals surface area contributed by atoms with Crippen LogP contribution in [0.2, 0.25) is 0 Å². The van der Waals surface area contributed by atoms with E-state index in [0.717, 1.165) is 102 Å². The van der Waals surface area contributed by atoms with E-state index < -0.39 is 12.1 Å². The number of ether oxygens (including phenoxy) is 1. The van der Waals surface area contributed by atoms with E-state index in [4.69, 9.17) is 9.84 Å². The van der Waals surface area contributed by atoms with Crippen LogP contribution in [-0.4, -0.2) is 74.8 Å². The van der Waals surface area contributed by atoms with Crippen LogP contribution in [0.3, 0.4) is 0 Å². The maximum atomic E-state index is 14.0. The number of carboxylic acid groups (broad SMARTS) is 1. The van der Waals surface area contributed by atoms with Crippen molar-refractivity contribution < 1.29 is 101 Å². The Bertz CT molecular complexity index is 1730. The molecule has 5 N–H and O–H groups in total. The quantitative estimate of drug-likeness (QED) is 0.114. The first-order chi connectivity index (χ1) is 29.2. The molecule has 8 rings (SSSR count). The number of hydrogen-bond acceptors (Lipinski definition) is 9. The zero-order valence-corrected chi connectivity index (χ0v) is 44.4. The Hall–Kier alpha value is -0.504. The van der Waals surface area contributed by atoms with Gasteiger partial charge in [-0.1, -0.05) is 47.6 Å². The number of carboxylic acids is 1. The molecule has 0 aliphatic heterocycles. The molecule has 6 unspecified atom stereocenters. The van der Waals surface area contributed by atoms with E-state index in [1.54, 1.807) is 6.92 Å². The van der Waals surface area contributed by atoms with Gasteiger partial charge in [0.05, 0.1) is 25.4 Å². The van der Waals surface area contributed by atoms with Crippen LogP contribution < -0.4 is 51.4 Å². The van der Waals surface area contributed by atoms with E-state index in [-0.39, 0.29) is 138 Å². The van der Waals surface area contributed by atoms with E-state index >= 15 is 0 Å². The second-order valence-electron chi connectivity index (χ2n) is 23.7. The zero-order valence-electron chi connectivity index (χ0n) is 41.3. The second-order valence-corrected chi connectivity index (χ2v) is 23.7. The number of fused-ring (bicyclic) bond motifs is 10. The Morgan fingerprint density at radius 3 is 1.67 bits per heavy atom. The summed E-state index contributed by atoms with van der Waals surface area (Å²) < 4.78 is 4.86. The number of aliphatic hydroxyl groups is 3. The van der Waals surface area contributed by atoms with Gasteiger partial charge in [-0.05, 0) is 203 Å². The van der Waals surface area contributed by atoms with E-state index in [0.29, 0.717) is 66.0 Å². The van der Waals surface area contributed by atoms with Gasteiger partial charge in [0, 0.05) is 30.6 Å². The SMILES string of the molecule is CC=C1C(=O)[C@H]2C3CC[C@H]([C@H](C)CCC(=O)O)[C@@]3(C)CCC2[C@@]2(C)CC[C@@H](O)C[C@@H]12.COC(=O)CC[C@@H](C)[C@H]1CCC2[C@@H]3C(=O)C(C(C)O)[C@@H]4C[C@H](O)CC[C@]4(C)C3CC[C@@]21C.[K+].[OH-]. The van der Waals surface area contributed by atoms with Crippen LogP contribution in [0.25, 0.3) is 0 Å². The summed E-state index contributed by atoms with van der Waals surface area (Å²) in [5, 5.41) is 40.6. The van der Waals surface area contributed by atoms with Crippen molar-refractivity contribution in [1.82, 2.24) is 0 Å². The first kappa shape index (κ1) is 54.4. The van der Waals surface area contributed by atoms with E-state index in [1.807, 2.05) is 13.0 Å². The summed E-state index contributed by atoms with van der Waals surface area (Å²) in [6.07, 6.45) is 17.0. The average molecular weight is 921 g/mol. The summed E-state index contributed by atoms with van der Waals surface area (Å²) in [6.45, 7) is 17.9. The van der Waals surface area contributed by atoms with E-state index in [2.05, 4.69) is 41.5 Å². The van der Waals surface area contributed by atoms with Gasteiger partial charge in [-0.25, -0.2) is 0 Å². The fraction of sp³-hybridized carbons (Fsp3) is 0.887. The average Bonchev–Trinajstić information content (AvgIpc) is 3.77. The van der Waals surface area contributed by atoms with Gasteiger partial charge in [0.25, 0.3) is 0 Å². The minimum atomic E-state index is -0.705. The molecule has 64 heavy (non-hydrogen) atoms. The predicted octanol–water partition coefficient (Wildman–Crippen LogP) is 6.45. The van der Waals surface area contributed by atoms with Gasteiger partial charge in [0.2, 0.25) is 0 Å². The van der Waals surface area contributed by atoms with Crippen LogP contribution in [0.1, 0.15) is 171 Å². The molecule has 0 radical (unpaired) electrons. The number of esters is 1. The molecule has 10 nitrogen and oxygen atoms in total. The third-order valence-electron chi connectivity index (χ3n) is 21.2. The number of methoxy groups -OCH3 is 1. The standard InChI is InChI=1S/C27H44O5.C26H40O4.K.H2O/c1-15(6-9-22(30)32-5)18-7-8-19-24-20(11-13-26(18,19)3)27(4)12-10-17(29)14-21(27)23(16(2)28)25(24)31;1-5-17-21-14-16(27)10-12-26(21,4)20-11-13-25(3)18(15(2)6-9-22(28)29)7-8-19(25)23(20)24(17)30;;/h15-21,23-24,28-29H,6-14H2,1-5H3;5,15-16,18-21,23,27H,6-14H2,1-4H3,(H,28,29);;1H2/q;;+1;/p-1/t15-,16?,17-,18-,19?,20?,21+,23?,24+,26-,27-;15-,16-,18-,19?,20?,21+,23+,25-,26-;;/m11../s1. The Labute approximate surface area is 427 Å². The number of Topliss-reactive ketones (excluding diaryl/α,β-unsaturated/α-hetero) is 2. The minimum absolute atomic E-state index is 0. The number of allylic oxidation sites excluding steroid dienone is 2. The molecule has 0 heterocycles. The number of aliphatic hydroxyl groups excluding tert-OH is 3. The van der Waals surface area contributed by atoms with Crippen molar-refractivity contribution in [3.05, 3.63) is 11.6 Å². The van der Waals surface area contributed by atoms with Crippen LogP contribution in [0.15, 0.2) is 11.6 Å². The first-order valence-electron chi connectivity index (χ1n) is 25.2. The molecule has 0 aromatic rings. The second kappa shape index (κ2) is 20.8. The Morgan fingerprint density at radius 1 is 0.688 bits per heavy atom. The van der Waals surface area contributed by atoms with Crippen LogP contribution in [0, 0.1) is 98.6 Å². The molecule has 0 aromatic carbocycles. The Kier molecular flexibility index (Phi) is 17.7. The van der Waals surface area contributed by atoms with Crippen molar-refractivity contribution in [2.24, 2.45) is 98.6 Å². The van der Waals surface area contributed by atoms with Crippen LogP contribution in [0.4, 0.5) is 0 Å². The van der Waals surface area contributed by atoms with Crippen molar-refractivity contribution in [2.45, 2.75) is 189 Å². The maximum absolute atomic E-state index is 14.0. The van der Waals surface area contributed by atoms with Crippen molar-refractivity contribution in [2.75, 3.05) is 7.11 Å². The zero-order chi connectivity index (χ0) is 45.3. The smallest absolute Gasteiger partial charge is 0.870 e. The number of ketones is 2. The minimum Gasteiger partial charge on any atom is -0.870 e. The molecule has 8 fully saturated rings. The third-order valence-corrected chi connectivity index (χ3v) is 21.2. The summed E-state index contributed by atoms with van der Waals surface area (Å²) in [5.41, 5.74) is 1.39. The van der Waals surface area contributed by atoms with Gasteiger partial charge in [0.1, 0.15) is 5.78 Å². The van der Waals surface area contributed by atoms with Crippen molar-refractivity contribution in [3.63, 3.8) is 0 Å². The Balaban J connectivity index is 0.000000234. The number of hydrogen-bond donors (Lipinski definition) is 4. The monoisotopic (exact) mass is 921 g/mol. The predicted molar refractivity (Wildman–Crippen MR) is 241 cm³/mol. The number of carbonyl (C=O) groups is 4. The van der Waals surface area contributed by atoms with E-state index in [1.165, 1.54) is 7.11 Å². The third kappa shape index (κ3) is 9.31. The molecule has 0 aromatic heterocycles. The Morgan fingerprint density at radius 2 is 1.16 bits per heavy atom. The largest absolute Gasteiger partial charge is 1.00 e. The van der Waals surface area contributed by atoms with Gasteiger partial charge in [-0.15, -0.1) is 0 Å². The topological polar surface area (TPSA) is 188 Å². The summed E-state index contributed by atoms with van der Waals surface area (Å²) in [7, 11) is 1.45. The fourth-order valence-corrected chi connectivity index (χ4v) is 18.0. The summed E-state index contributed by atoms with van der Waals surface area (Å²) in [4.78, 5) is 50.7. The molecule has 20 atom stereocenters. The fourth-order valence-electron chi connectivity index (χ4n) is 18.0. The molecule has 0 saturated heterocycles. The van der Waals surface area contributed by atoms with Crippen molar-refractivity contribution in [3.8, 4) is 0 Å². The van der Waals surface area contributed by atoms with Crippen LogP contribution in [-0.2, 0) is 23.9 Å². The maximum Gasteiger partial charge on any atom is 1.00 e. The number of carbonyl (C=O) groups excluding carboxylic acids is 3. The van der Waals surface area contributed by atoms with Crippen molar-refractivity contribution in [1.29, 1.82) is 0 Å². The van der Waals surface area contributed by atoms with Gasteiger partial charge < -0.3 is 30.6 Å². The number of rotatable bonds is 9. The van der Waals surface area contributed by atoms with Crippen molar-refractivity contribution >= 4 is 23.5 Å². The molecule has 0 amide bonds. The molecule has 358 valence electrons. The number of aliphatic carboxylic acids is 1. The van der Waals surface area contributed by atoms with Gasteiger partial charge in [0.15, 0.2) is 5.78 Å². The molecule has 8 aliphatic rings. The van der Waals surface area contributed by atoms with Gasteiger partial charge in [-0.3, -0.25) is 19.2 Å². The van der Waals surface area contributed by atoms with Gasteiger partial charge >= 0.3 is 63.3 Å². The van der Waals surface area contributed by atoms with Crippen LogP contribution >= 0.6 is 0 Å². The molecule has 11 heteroatoms. The molecule has 8 aliphatic carbocycles. The molecule has 0 bridgehead atoms. The molecular formula is C53H85KO10. The van der Waals surface area contributed by atoms with Crippen LogP contribution in [0.5, 0.6) is 0 Å². The normalized spacial score (nSPS) is 46.4. The first-order valence-corrected chi connectivity index (χ1v) is 25.2. The summed E-state index contributed by atoms with van der Waals surface area (Å²) >= 11 is 0. The summed E-state index contributed by atoms with van der Waals surface area (Å²) in [6, 6.07) is 0. The molecular weight excluding hydrogens is 836 g/mol. The molecule has 0 spiro atoms.